The number of carbonyl (C=O) groups excluding carboxylic acids is 1. The zero-order valence-corrected chi connectivity index (χ0v) is 8.12. The number of hydrogen-bond acceptors (Lipinski definition) is 2. The van der Waals surface area contributed by atoms with Crippen molar-refractivity contribution in [1.29, 1.82) is 0 Å². The van der Waals surface area contributed by atoms with Crippen LogP contribution in [0.1, 0.15) is 20.8 Å². The van der Waals surface area contributed by atoms with Gasteiger partial charge in [-0.2, -0.15) is 0 Å². The van der Waals surface area contributed by atoms with Gasteiger partial charge in [-0.25, -0.2) is 0 Å². The number of hydrogen-bond donors (Lipinski definition) is 1. The Balaban J connectivity index is 2.62. The Bertz CT molecular complexity index is 169. The molecule has 1 saturated heterocycles. The van der Waals surface area contributed by atoms with Gasteiger partial charge >= 0.3 is 0 Å². The van der Waals surface area contributed by atoms with E-state index in [1.807, 2.05) is 0 Å². The van der Waals surface area contributed by atoms with Crippen molar-refractivity contribution in [3.05, 3.63) is 0 Å². The normalized spacial score (nSPS) is 32.2. The molecule has 0 aromatic heterocycles. The first kappa shape index (κ1) is 8.91. The van der Waals surface area contributed by atoms with Crippen LogP contribution in [-0.2, 0) is 4.79 Å². The molecule has 64 valence electrons. The predicted octanol–water partition coefficient (Wildman–Crippen LogP) is 1.26. The predicted molar refractivity (Wildman–Crippen MR) is 48.7 cm³/mol. The maximum Gasteiger partial charge on any atom is 0.230 e. The standard InChI is InChI=1S/C8H15NOS/c1-6(2)8(3)5-11-4-7(10)9-8/h6H,4-5H2,1-3H3,(H,9,10). The molecule has 1 fully saturated rings. The van der Waals surface area contributed by atoms with Gasteiger partial charge in [-0.15, -0.1) is 11.8 Å². The fourth-order valence-corrected chi connectivity index (χ4v) is 2.25. The Labute approximate surface area is 72.1 Å². The van der Waals surface area contributed by atoms with Gasteiger partial charge in [0, 0.05) is 11.3 Å². The van der Waals surface area contributed by atoms with Gasteiger partial charge < -0.3 is 5.32 Å². The first-order valence-electron chi connectivity index (χ1n) is 3.93. The summed E-state index contributed by atoms with van der Waals surface area (Å²) in [6.45, 7) is 6.40. The first-order chi connectivity index (χ1) is 5.04. The highest BCUT2D eigenvalue weighted by Gasteiger charge is 2.33. The summed E-state index contributed by atoms with van der Waals surface area (Å²) in [7, 11) is 0. The summed E-state index contributed by atoms with van der Waals surface area (Å²) in [5, 5.41) is 3.03. The molecular weight excluding hydrogens is 158 g/mol. The lowest BCUT2D eigenvalue weighted by Crippen LogP contribution is -2.55. The average Bonchev–Trinajstić information content (AvgIpc) is 1.86. The fraction of sp³-hybridized carbons (Fsp3) is 0.875. The van der Waals surface area contributed by atoms with Crippen LogP contribution in [0.3, 0.4) is 0 Å². The number of nitrogens with one attached hydrogen (secondary N) is 1. The van der Waals surface area contributed by atoms with E-state index in [0.29, 0.717) is 11.7 Å². The zero-order chi connectivity index (χ0) is 8.48. The van der Waals surface area contributed by atoms with Crippen LogP contribution >= 0.6 is 11.8 Å². The van der Waals surface area contributed by atoms with Gasteiger partial charge in [0.1, 0.15) is 0 Å². The molecule has 1 N–H and O–H groups in total. The van der Waals surface area contributed by atoms with Gasteiger partial charge in [-0.3, -0.25) is 4.79 Å². The van der Waals surface area contributed by atoms with E-state index in [1.54, 1.807) is 11.8 Å². The van der Waals surface area contributed by atoms with Crippen LogP contribution < -0.4 is 5.32 Å². The lowest BCUT2D eigenvalue weighted by molar-refractivity contribution is -0.120. The van der Waals surface area contributed by atoms with E-state index < -0.39 is 0 Å². The molecule has 1 amide bonds. The molecule has 2 nitrogen and oxygen atoms in total. The minimum absolute atomic E-state index is 0.0139. The molecule has 0 spiro atoms. The second-order valence-electron chi connectivity index (χ2n) is 3.61. The quantitative estimate of drug-likeness (QED) is 0.647. The number of thioether (sulfide) groups is 1. The van der Waals surface area contributed by atoms with Crippen molar-refractivity contribution in [2.24, 2.45) is 5.92 Å². The van der Waals surface area contributed by atoms with Crippen molar-refractivity contribution in [3.63, 3.8) is 0 Å². The molecule has 0 radical (unpaired) electrons. The van der Waals surface area contributed by atoms with E-state index in [9.17, 15) is 4.79 Å². The molecule has 0 aliphatic carbocycles. The van der Waals surface area contributed by atoms with Crippen molar-refractivity contribution < 1.29 is 4.79 Å². The molecule has 1 unspecified atom stereocenters. The zero-order valence-electron chi connectivity index (χ0n) is 7.31. The van der Waals surface area contributed by atoms with Crippen molar-refractivity contribution >= 4 is 17.7 Å². The van der Waals surface area contributed by atoms with Gasteiger partial charge in [0.25, 0.3) is 0 Å². The minimum atomic E-state index is 0.0139. The molecule has 3 heteroatoms. The van der Waals surface area contributed by atoms with Crippen LogP contribution in [0.15, 0.2) is 0 Å². The summed E-state index contributed by atoms with van der Waals surface area (Å²) >= 11 is 1.73. The second kappa shape index (κ2) is 3.05. The highest BCUT2D eigenvalue weighted by molar-refractivity contribution is 8.00. The first-order valence-corrected chi connectivity index (χ1v) is 5.09. The van der Waals surface area contributed by atoms with Gasteiger partial charge in [-0.05, 0) is 12.8 Å². The Morgan fingerprint density at radius 3 is 2.64 bits per heavy atom. The van der Waals surface area contributed by atoms with Crippen LogP contribution in [0.25, 0.3) is 0 Å². The van der Waals surface area contributed by atoms with Crippen molar-refractivity contribution in [2.45, 2.75) is 26.3 Å². The van der Waals surface area contributed by atoms with E-state index in [1.165, 1.54) is 0 Å². The summed E-state index contributed by atoms with van der Waals surface area (Å²) in [5.41, 5.74) is 0.0139. The van der Waals surface area contributed by atoms with Crippen LogP contribution in [0, 0.1) is 5.92 Å². The number of amides is 1. The molecule has 1 rings (SSSR count). The average molecular weight is 173 g/mol. The third kappa shape index (κ3) is 1.89. The van der Waals surface area contributed by atoms with Crippen LogP contribution in [0.5, 0.6) is 0 Å². The van der Waals surface area contributed by atoms with Gasteiger partial charge in [0.15, 0.2) is 0 Å². The SMILES string of the molecule is CC(C)C1(C)CSCC(=O)N1. The van der Waals surface area contributed by atoms with Crippen molar-refractivity contribution in [2.75, 3.05) is 11.5 Å². The second-order valence-corrected chi connectivity index (χ2v) is 4.60. The molecule has 11 heavy (non-hydrogen) atoms. The number of rotatable bonds is 1. The summed E-state index contributed by atoms with van der Waals surface area (Å²) in [5.74, 6) is 2.36. The van der Waals surface area contributed by atoms with E-state index >= 15 is 0 Å². The van der Waals surface area contributed by atoms with Crippen LogP contribution in [-0.4, -0.2) is 23.0 Å². The van der Waals surface area contributed by atoms with Gasteiger partial charge in [0.05, 0.1) is 5.75 Å². The minimum Gasteiger partial charge on any atom is -0.349 e. The molecule has 0 aromatic carbocycles. The Kier molecular flexibility index (Phi) is 2.47. The number of carbonyl (C=O) groups is 1. The molecule has 1 aliphatic heterocycles. The highest BCUT2D eigenvalue weighted by atomic mass is 32.2. The molecule has 0 saturated carbocycles. The monoisotopic (exact) mass is 173 g/mol. The largest absolute Gasteiger partial charge is 0.349 e. The third-order valence-electron chi connectivity index (χ3n) is 2.33. The maximum absolute atomic E-state index is 11.1. The van der Waals surface area contributed by atoms with E-state index in [-0.39, 0.29) is 11.4 Å². The lowest BCUT2D eigenvalue weighted by Gasteiger charge is -2.37. The molecule has 0 bridgehead atoms. The van der Waals surface area contributed by atoms with Gasteiger partial charge in [0.2, 0.25) is 5.91 Å². The van der Waals surface area contributed by atoms with Crippen LogP contribution in [0.2, 0.25) is 0 Å². The third-order valence-corrected chi connectivity index (χ3v) is 3.60. The maximum atomic E-state index is 11.1. The molecule has 1 aliphatic rings. The lowest BCUT2D eigenvalue weighted by atomic mass is 9.90. The van der Waals surface area contributed by atoms with E-state index in [0.717, 1.165) is 5.75 Å². The molecular formula is C8H15NOS. The highest BCUT2D eigenvalue weighted by Crippen LogP contribution is 2.25. The molecule has 1 heterocycles. The molecule has 0 aromatic rings. The summed E-state index contributed by atoms with van der Waals surface area (Å²) < 4.78 is 0. The summed E-state index contributed by atoms with van der Waals surface area (Å²) in [4.78, 5) is 11.1. The van der Waals surface area contributed by atoms with E-state index in [4.69, 9.17) is 0 Å². The Morgan fingerprint density at radius 2 is 2.27 bits per heavy atom. The molecule has 1 atom stereocenters. The summed E-state index contributed by atoms with van der Waals surface area (Å²) in [6, 6.07) is 0. The summed E-state index contributed by atoms with van der Waals surface area (Å²) in [6.07, 6.45) is 0. The van der Waals surface area contributed by atoms with E-state index in [2.05, 4.69) is 26.1 Å². The van der Waals surface area contributed by atoms with Crippen molar-refractivity contribution in [1.82, 2.24) is 5.32 Å². The topological polar surface area (TPSA) is 29.1 Å². The smallest absolute Gasteiger partial charge is 0.230 e. The Hall–Kier alpha value is -0.180. The van der Waals surface area contributed by atoms with Gasteiger partial charge in [-0.1, -0.05) is 13.8 Å². The Morgan fingerprint density at radius 1 is 1.64 bits per heavy atom. The van der Waals surface area contributed by atoms with Crippen molar-refractivity contribution in [3.8, 4) is 0 Å². The fourth-order valence-electron chi connectivity index (χ4n) is 1.06. The van der Waals surface area contributed by atoms with Crippen LogP contribution in [0.4, 0.5) is 0 Å².